The number of hydrogen-bond donors (Lipinski definition) is 0. The zero-order valence-electron chi connectivity index (χ0n) is 11.3. The first kappa shape index (κ1) is 13.2. The van der Waals surface area contributed by atoms with Crippen LogP contribution in [0.3, 0.4) is 0 Å². The van der Waals surface area contributed by atoms with Crippen molar-refractivity contribution >= 4 is 17.9 Å². The van der Waals surface area contributed by atoms with Gasteiger partial charge in [0.25, 0.3) is 0 Å². The van der Waals surface area contributed by atoms with Crippen LogP contribution in [0.4, 0.5) is 4.39 Å². The molecule has 3 nitrogen and oxygen atoms in total. The highest BCUT2D eigenvalue weighted by Gasteiger charge is 2.24. The number of carbonyl (C=O) groups is 1. The summed E-state index contributed by atoms with van der Waals surface area (Å²) in [6.45, 7) is 1.95. The minimum Gasteiger partial charge on any atom is -0.402 e. The first-order chi connectivity index (χ1) is 10.1. The largest absolute Gasteiger partial charge is 0.402 e. The SMILES string of the molecule is Cc1cccc(C2=NC(=Cc3cccc(F)c3)C(=O)O2)c1. The summed E-state index contributed by atoms with van der Waals surface area (Å²) in [6.07, 6.45) is 1.51. The van der Waals surface area contributed by atoms with Gasteiger partial charge in [-0.2, -0.15) is 0 Å². The Balaban J connectivity index is 1.95. The van der Waals surface area contributed by atoms with Crippen LogP contribution in [0.5, 0.6) is 0 Å². The van der Waals surface area contributed by atoms with Crippen LogP contribution in [0, 0.1) is 12.7 Å². The number of aryl methyl sites for hydroxylation is 1. The molecular weight excluding hydrogens is 269 g/mol. The highest BCUT2D eigenvalue weighted by molar-refractivity contribution is 6.12. The third kappa shape index (κ3) is 2.89. The van der Waals surface area contributed by atoms with Gasteiger partial charge in [-0.15, -0.1) is 0 Å². The fraction of sp³-hybridized carbons (Fsp3) is 0.0588. The molecule has 0 atom stereocenters. The van der Waals surface area contributed by atoms with Gasteiger partial charge < -0.3 is 4.74 Å². The van der Waals surface area contributed by atoms with E-state index in [1.165, 1.54) is 18.2 Å². The summed E-state index contributed by atoms with van der Waals surface area (Å²) in [5, 5.41) is 0. The Bertz CT molecular complexity index is 778. The van der Waals surface area contributed by atoms with Gasteiger partial charge in [-0.25, -0.2) is 14.2 Å². The van der Waals surface area contributed by atoms with E-state index in [-0.39, 0.29) is 17.4 Å². The summed E-state index contributed by atoms with van der Waals surface area (Å²) in [5.74, 6) is -0.624. The molecule has 0 unspecified atom stereocenters. The van der Waals surface area contributed by atoms with Crippen molar-refractivity contribution in [2.45, 2.75) is 6.92 Å². The van der Waals surface area contributed by atoms with Gasteiger partial charge in [0.2, 0.25) is 5.90 Å². The molecule has 0 bridgehead atoms. The van der Waals surface area contributed by atoms with E-state index in [4.69, 9.17) is 4.74 Å². The number of esters is 1. The Morgan fingerprint density at radius 1 is 1.14 bits per heavy atom. The van der Waals surface area contributed by atoms with Gasteiger partial charge in [-0.3, -0.25) is 0 Å². The van der Waals surface area contributed by atoms with Crippen molar-refractivity contribution in [3.63, 3.8) is 0 Å². The molecule has 0 saturated carbocycles. The van der Waals surface area contributed by atoms with E-state index in [0.717, 1.165) is 11.1 Å². The average Bonchev–Trinajstić information content (AvgIpc) is 2.80. The summed E-state index contributed by atoms with van der Waals surface area (Å²) >= 11 is 0. The van der Waals surface area contributed by atoms with Gasteiger partial charge in [0.05, 0.1) is 0 Å². The number of hydrogen-bond acceptors (Lipinski definition) is 3. The first-order valence-electron chi connectivity index (χ1n) is 6.47. The summed E-state index contributed by atoms with van der Waals surface area (Å²) < 4.78 is 18.3. The lowest BCUT2D eigenvalue weighted by atomic mass is 10.1. The minimum absolute atomic E-state index is 0.164. The minimum atomic E-state index is -0.532. The summed E-state index contributed by atoms with van der Waals surface area (Å²) in [5.41, 5.74) is 2.52. The van der Waals surface area contributed by atoms with Crippen molar-refractivity contribution in [1.82, 2.24) is 0 Å². The van der Waals surface area contributed by atoms with Gasteiger partial charge >= 0.3 is 5.97 Å². The van der Waals surface area contributed by atoms with Crippen LogP contribution >= 0.6 is 0 Å². The first-order valence-corrected chi connectivity index (χ1v) is 6.47. The van der Waals surface area contributed by atoms with E-state index in [0.29, 0.717) is 5.56 Å². The second-order valence-corrected chi connectivity index (χ2v) is 4.76. The van der Waals surface area contributed by atoms with Crippen LogP contribution in [0.2, 0.25) is 0 Å². The third-order valence-corrected chi connectivity index (χ3v) is 3.04. The number of cyclic esters (lactones) is 1. The van der Waals surface area contributed by atoms with Crippen molar-refractivity contribution in [2.75, 3.05) is 0 Å². The van der Waals surface area contributed by atoms with Crippen molar-refractivity contribution in [1.29, 1.82) is 0 Å². The van der Waals surface area contributed by atoms with E-state index >= 15 is 0 Å². The summed E-state index contributed by atoms with van der Waals surface area (Å²) in [6, 6.07) is 13.5. The van der Waals surface area contributed by atoms with Crippen molar-refractivity contribution in [3.8, 4) is 0 Å². The molecule has 1 aliphatic heterocycles. The topological polar surface area (TPSA) is 38.7 Å². The lowest BCUT2D eigenvalue weighted by Gasteiger charge is -1.99. The van der Waals surface area contributed by atoms with Gasteiger partial charge in [0.1, 0.15) is 5.82 Å². The van der Waals surface area contributed by atoms with Crippen molar-refractivity contribution in [2.24, 2.45) is 4.99 Å². The predicted molar refractivity (Wildman–Crippen MR) is 78.2 cm³/mol. The molecule has 0 aliphatic carbocycles. The Morgan fingerprint density at radius 2 is 1.95 bits per heavy atom. The molecule has 0 radical (unpaired) electrons. The van der Waals surface area contributed by atoms with Crippen molar-refractivity contribution in [3.05, 3.63) is 76.7 Å². The molecule has 0 amide bonds. The number of halogens is 1. The van der Waals surface area contributed by atoms with Gasteiger partial charge in [0.15, 0.2) is 5.70 Å². The molecular formula is C17H12FNO2. The quantitative estimate of drug-likeness (QED) is 0.624. The van der Waals surface area contributed by atoms with Gasteiger partial charge in [-0.05, 0) is 42.8 Å². The monoisotopic (exact) mass is 281 g/mol. The standard InChI is InChI=1S/C17H12FNO2/c1-11-4-2-6-13(8-11)16-19-15(17(20)21-16)10-12-5-3-7-14(18)9-12/h2-10H,1H3. The Morgan fingerprint density at radius 3 is 2.71 bits per heavy atom. The van der Waals surface area contributed by atoms with E-state index in [1.54, 1.807) is 12.1 Å². The zero-order valence-corrected chi connectivity index (χ0v) is 11.3. The summed E-state index contributed by atoms with van der Waals surface area (Å²) in [4.78, 5) is 16.0. The number of nitrogens with zero attached hydrogens (tertiary/aromatic N) is 1. The number of aliphatic imine (C=N–C) groups is 1. The van der Waals surface area contributed by atoms with Gasteiger partial charge in [-0.1, -0.05) is 29.8 Å². The maximum Gasteiger partial charge on any atom is 0.363 e. The number of ether oxygens (including phenoxy) is 1. The molecule has 1 heterocycles. The smallest absolute Gasteiger partial charge is 0.363 e. The van der Waals surface area contributed by atoms with E-state index in [1.807, 2.05) is 31.2 Å². The second-order valence-electron chi connectivity index (χ2n) is 4.76. The van der Waals surface area contributed by atoms with Gasteiger partial charge in [0, 0.05) is 5.56 Å². The van der Waals surface area contributed by atoms with Crippen LogP contribution in [0.15, 0.2) is 59.2 Å². The highest BCUT2D eigenvalue weighted by Crippen LogP contribution is 2.19. The van der Waals surface area contributed by atoms with Crippen LogP contribution in [-0.2, 0) is 9.53 Å². The lowest BCUT2D eigenvalue weighted by Crippen LogP contribution is -2.05. The maximum absolute atomic E-state index is 13.1. The van der Waals surface area contributed by atoms with Crippen LogP contribution in [0.1, 0.15) is 16.7 Å². The zero-order chi connectivity index (χ0) is 14.8. The molecule has 3 rings (SSSR count). The van der Waals surface area contributed by atoms with E-state index < -0.39 is 5.97 Å². The molecule has 104 valence electrons. The molecule has 0 N–H and O–H groups in total. The van der Waals surface area contributed by atoms with E-state index in [2.05, 4.69) is 4.99 Å². The number of carbonyl (C=O) groups excluding carboxylic acids is 1. The molecule has 2 aromatic carbocycles. The number of benzene rings is 2. The highest BCUT2D eigenvalue weighted by atomic mass is 19.1. The third-order valence-electron chi connectivity index (χ3n) is 3.04. The normalized spacial score (nSPS) is 16.0. The van der Waals surface area contributed by atoms with Crippen LogP contribution in [-0.4, -0.2) is 11.9 Å². The fourth-order valence-corrected chi connectivity index (χ4v) is 2.06. The molecule has 0 saturated heterocycles. The lowest BCUT2D eigenvalue weighted by molar-refractivity contribution is -0.129. The molecule has 0 spiro atoms. The molecule has 0 aromatic heterocycles. The van der Waals surface area contributed by atoms with Crippen molar-refractivity contribution < 1.29 is 13.9 Å². The maximum atomic E-state index is 13.1. The Hall–Kier alpha value is -2.75. The van der Waals surface area contributed by atoms with E-state index in [9.17, 15) is 9.18 Å². The predicted octanol–water partition coefficient (Wildman–Crippen LogP) is 3.48. The molecule has 4 heteroatoms. The summed E-state index contributed by atoms with van der Waals surface area (Å²) in [7, 11) is 0. The average molecular weight is 281 g/mol. The van der Waals surface area contributed by atoms with Crippen LogP contribution in [0.25, 0.3) is 6.08 Å². The molecule has 1 aliphatic rings. The fourth-order valence-electron chi connectivity index (χ4n) is 2.06. The molecule has 2 aromatic rings. The second kappa shape index (κ2) is 5.32. The Labute approximate surface area is 121 Å². The number of rotatable bonds is 2. The molecule has 0 fully saturated rings. The van der Waals surface area contributed by atoms with Crippen LogP contribution < -0.4 is 0 Å². The molecule has 21 heavy (non-hydrogen) atoms. The Kier molecular flexibility index (Phi) is 3.36.